The van der Waals surface area contributed by atoms with Gasteiger partial charge in [0.05, 0.1) is 19.7 Å². The van der Waals surface area contributed by atoms with Gasteiger partial charge in [-0.05, 0) is 26.1 Å². The third-order valence-corrected chi connectivity index (χ3v) is 3.25. The lowest BCUT2D eigenvalue weighted by molar-refractivity contribution is -0.125. The zero-order valence-corrected chi connectivity index (χ0v) is 13.7. The summed E-state index contributed by atoms with van der Waals surface area (Å²) in [5.41, 5.74) is 0.602. The summed E-state index contributed by atoms with van der Waals surface area (Å²) in [5.74, 6) is -0.129. The molecule has 0 unspecified atom stereocenters. The number of hydrogen-bond acceptors (Lipinski definition) is 5. The molecule has 0 aliphatic rings. The number of likely N-dealkylation sites (N-methyl/N-ethyl adjacent to an activating group) is 1. The van der Waals surface area contributed by atoms with Crippen LogP contribution in [0.4, 0.5) is 10.5 Å². The van der Waals surface area contributed by atoms with E-state index in [4.69, 9.17) is 4.74 Å². The lowest BCUT2D eigenvalue weighted by Crippen LogP contribution is -2.49. The molecule has 0 saturated carbocycles. The predicted molar refractivity (Wildman–Crippen MR) is 86.3 cm³/mol. The molecule has 8 heteroatoms. The summed E-state index contributed by atoms with van der Waals surface area (Å²) in [7, 11) is 4.58. The fourth-order valence-corrected chi connectivity index (χ4v) is 1.74. The van der Waals surface area contributed by atoms with Gasteiger partial charge in [-0.25, -0.2) is 4.79 Å². The zero-order chi connectivity index (χ0) is 17.4. The van der Waals surface area contributed by atoms with Crippen LogP contribution < -0.4 is 20.7 Å². The van der Waals surface area contributed by atoms with Crippen molar-refractivity contribution in [3.63, 3.8) is 0 Å². The highest BCUT2D eigenvalue weighted by Crippen LogP contribution is 2.16. The third kappa shape index (κ3) is 5.95. The van der Waals surface area contributed by atoms with Crippen molar-refractivity contribution < 1.29 is 19.1 Å². The standard InChI is InChI=1S/C15H22N4O4/c1-10(14(21)18-15(22)16-2)19(3)9-13(20)17-11-6-5-7-12(8-11)23-4/h5-8,10H,9H2,1-4H3,(H,17,20)(H2,16,18,21,22)/t10-/m0/s1. The number of imide groups is 1. The van der Waals surface area contributed by atoms with E-state index in [1.54, 1.807) is 45.3 Å². The highest BCUT2D eigenvalue weighted by molar-refractivity contribution is 5.97. The van der Waals surface area contributed by atoms with Gasteiger partial charge in [0.2, 0.25) is 11.8 Å². The van der Waals surface area contributed by atoms with Crippen LogP contribution >= 0.6 is 0 Å². The second kappa shape index (κ2) is 8.74. The van der Waals surface area contributed by atoms with Crippen LogP contribution in [0, 0.1) is 0 Å². The molecule has 0 aliphatic carbocycles. The molecule has 126 valence electrons. The van der Waals surface area contributed by atoms with E-state index in [-0.39, 0.29) is 12.5 Å². The SMILES string of the molecule is CNC(=O)NC(=O)[C@H](C)N(C)CC(=O)Nc1cccc(OC)c1. The lowest BCUT2D eigenvalue weighted by atomic mass is 10.2. The number of benzene rings is 1. The van der Waals surface area contributed by atoms with Gasteiger partial charge < -0.3 is 15.4 Å². The zero-order valence-electron chi connectivity index (χ0n) is 13.7. The first kappa shape index (κ1) is 18.4. The molecule has 3 N–H and O–H groups in total. The molecular formula is C15H22N4O4. The smallest absolute Gasteiger partial charge is 0.321 e. The molecule has 1 aromatic carbocycles. The van der Waals surface area contributed by atoms with Crippen molar-refractivity contribution in [1.29, 1.82) is 0 Å². The fraction of sp³-hybridized carbons (Fsp3) is 0.400. The Bertz CT molecular complexity index is 576. The number of amides is 4. The van der Waals surface area contributed by atoms with E-state index < -0.39 is 18.0 Å². The van der Waals surface area contributed by atoms with Crippen molar-refractivity contribution in [2.75, 3.05) is 33.1 Å². The minimum atomic E-state index is -0.636. The summed E-state index contributed by atoms with van der Waals surface area (Å²) in [6.07, 6.45) is 0. The number of methoxy groups -OCH3 is 1. The average molecular weight is 322 g/mol. The van der Waals surface area contributed by atoms with Crippen LogP contribution in [0.1, 0.15) is 6.92 Å². The Balaban J connectivity index is 2.55. The lowest BCUT2D eigenvalue weighted by Gasteiger charge is -2.22. The molecule has 8 nitrogen and oxygen atoms in total. The van der Waals surface area contributed by atoms with Crippen LogP contribution in [0.3, 0.4) is 0 Å². The molecule has 0 radical (unpaired) electrons. The maximum absolute atomic E-state index is 12.0. The summed E-state index contributed by atoms with van der Waals surface area (Å²) in [5, 5.41) is 7.18. The van der Waals surface area contributed by atoms with Gasteiger partial charge in [-0.2, -0.15) is 0 Å². The average Bonchev–Trinajstić information content (AvgIpc) is 2.53. The molecule has 1 aromatic rings. The molecule has 0 heterocycles. The molecule has 0 fully saturated rings. The van der Waals surface area contributed by atoms with E-state index >= 15 is 0 Å². The van der Waals surface area contributed by atoms with Crippen LogP contribution in [0.2, 0.25) is 0 Å². The van der Waals surface area contributed by atoms with Gasteiger partial charge in [0.15, 0.2) is 0 Å². The van der Waals surface area contributed by atoms with E-state index in [0.29, 0.717) is 11.4 Å². The molecule has 0 saturated heterocycles. The topological polar surface area (TPSA) is 99.8 Å². The van der Waals surface area contributed by atoms with Crippen LogP contribution in [-0.2, 0) is 9.59 Å². The van der Waals surface area contributed by atoms with Crippen molar-refractivity contribution >= 4 is 23.5 Å². The van der Waals surface area contributed by atoms with Gasteiger partial charge in [0.25, 0.3) is 0 Å². The van der Waals surface area contributed by atoms with Gasteiger partial charge in [0, 0.05) is 18.8 Å². The first-order valence-corrected chi connectivity index (χ1v) is 7.04. The number of anilines is 1. The normalized spacial score (nSPS) is 11.5. The molecule has 0 spiro atoms. The predicted octanol–water partition coefficient (Wildman–Crippen LogP) is 0.410. The van der Waals surface area contributed by atoms with Crippen LogP contribution in [0.25, 0.3) is 0 Å². The first-order chi connectivity index (χ1) is 10.9. The molecule has 1 atom stereocenters. The van der Waals surface area contributed by atoms with Crippen molar-refractivity contribution in [3.05, 3.63) is 24.3 Å². The second-order valence-electron chi connectivity index (χ2n) is 4.94. The quantitative estimate of drug-likeness (QED) is 0.704. The summed E-state index contributed by atoms with van der Waals surface area (Å²) in [4.78, 5) is 36.5. The van der Waals surface area contributed by atoms with Crippen LogP contribution in [0.15, 0.2) is 24.3 Å². The minimum absolute atomic E-state index is 0.000456. The molecule has 0 aliphatic heterocycles. The molecule has 0 aromatic heterocycles. The Hall–Kier alpha value is -2.61. The fourth-order valence-electron chi connectivity index (χ4n) is 1.74. The highest BCUT2D eigenvalue weighted by Gasteiger charge is 2.21. The molecule has 23 heavy (non-hydrogen) atoms. The third-order valence-electron chi connectivity index (χ3n) is 3.25. The minimum Gasteiger partial charge on any atom is -0.497 e. The van der Waals surface area contributed by atoms with E-state index in [1.165, 1.54) is 11.9 Å². The number of ether oxygens (including phenoxy) is 1. The number of nitrogens with zero attached hydrogens (tertiary/aromatic N) is 1. The van der Waals surface area contributed by atoms with E-state index in [2.05, 4.69) is 16.0 Å². The molecular weight excluding hydrogens is 300 g/mol. The molecule has 1 rings (SSSR count). The highest BCUT2D eigenvalue weighted by atomic mass is 16.5. The number of hydrogen-bond donors (Lipinski definition) is 3. The number of urea groups is 1. The Morgan fingerprint density at radius 1 is 1.30 bits per heavy atom. The number of carbonyl (C=O) groups excluding carboxylic acids is 3. The van der Waals surface area contributed by atoms with Crippen molar-refractivity contribution in [2.45, 2.75) is 13.0 Å². The largest absolute Gasteiger partial charge is 0.497 e. The van der Waals surface area contributed by atoms with Crippen LogP contribution in [0.5, 0.6) is 5.75 Å². The van der Waals surface area contributed by atoms with Gasteiger partial charge >= 0.3 is 6.03 Å². The van der Waals surface area contributed by atoms with Gasteiger partial charge in [-0.3, -0.25) is 19.8 Å². The maximum atomic E-state index is 12.0. The Kier molecular flexibility index (Phi) is 7.01. The summed E-state index contributed by atoms with van der Waals surface area (Å²) >= 11 is 0. The van der Waals surface area contributed by atoms with Gasteiger partial charge in [-0.15, -0.1) is 0 Å². The summed E-state index contributed by atoms with van der Waals surface area (Å²) in [6.45, 7) is 1.61. The second-order valence-corrected chi connectivity index (χ2v) is 4.94. The number of carbonyl (C=O) groups is 3. The first-order valence-electron chi connectivity index (χ1n) is 7.04. The monoisotopic (exact) mass is 322 g/mol. The summed E-state index contributed by atoms with van der Waals surface area (Å²) in [6, 6.07) is 5.74. The van der Waals surface area contributed by atoms with Crippen molar-refractivity contribution in [2.24, 2.45) is 0 Å². The van der Waals surface area contributed by atoms with Crippen molar-refractivity contribution in [1.82, 2.24) is 15.5 Å². The Morgan fingerprint density at radius 3 is 2.61 bits per heavy atom. The van der Waals surface area contributed by atoms with Gasteiger partial charge in [0.1, 0.15) is 5.75 Å². The van der Waals surface area contributed by atoms with Crippen molar-refractivity contribution in [3.8, 4) is 5.75 Å². The van der Waals surface area contributed by atoms with E-state index in [0.717, 1.165) is 0 Å². The summed E-state index contributed by atoms with van der Waals surface area (Å²) < 4.78 is 5.08. The van der Waals surface area contributed by atoms with Crippen LogP contribution in [-0.4, -0.2) is 56.5 Å². The van der Waals surface area contributed by atoms with E-state index in [1.807, 2.05) is 0 Å². The van der Waals surface area contributed by atoms with Gasteiger partial charge in [-0.1, -0.05) is 6.07 Å². The van der Waals surface area contributed by atoms with E-state index in [9.17, 15) is 14.4 Å². The molecule has 0 bridgehead atoms. The Labute approximate surface area is 135 Å². The maximum Gasteiger partial charge on any atom is 0.321 e. The molecule has 4 amide bonds. The number of nitrogens with one attached hydrogen (secondary N) is 3. The number of rotatable bonds is 6. The Morgan fingerprint density at radius 2 is 2.00 bits per heavy atom.